The van der Waals surface area contributed by atoms with Crippen molar-refractivity contribution in [1.82, 2.24) is 0 Å². The van der Waals surface area contributed by atoms with E-state index in [2.05, 4.69) is 20.8 Å². The molecule has 0 nitrogen and oxygen atoms in total. The Morgan fingerprint density at radius 2 is 1.83 bits per heavy atom. The number of halogens is 1. The minimum Gasteiger partial charge on any atom is -0.122 e. The molecule has 0 radical (unpaired) electrons. The summed E-state index contributed by atoms with van der Waals surface area (Å²) >= 11 is 6.35. The summed E-state index contributed by atoms with van der Waals surface area (Å²) in [5.74, 6) is 2.79. The molecule has 4 rings (SSSR count). The van der Waals surface area contributed by atoms with Gasteiger partial charge in [-0.3, -0.25) is 0 Å². The first-order valence-electron chi connectivity index (χ1n) is 5.13. The van der Waals surface area contributed by atoms with E-state index in [1.807, 2.05) is 0 Å². The van der Waals surface area contributed by atoms with Crippen molar-refractivity contribution in [3.63, 3.8) is 0 Å². The van der Waals surface area contributed by atoms with Gasteiger partial charge in [-0.2, -0.15) is 0 Å². The van der Waals surface area contributed by atoms with Gasteiger partial charge in [-0.05, 0) is 41.4 Å². The summed E-state index contributed by atoms with van der Waals surface area (Å²) in [5.41, 5.74) is 1.13. The zero-order valence-corrected chi connectivity index (χ0v) is 8.86. The largest absolute Gasteiger partial charge is 0.122 e. The standard InChI is InChI=1S/C11H17Cl/c1-10(2)6-4-7-9(12)11(7,3)8(10)5-6/h6-9H,4-5H2,1-3H3/t6-,7+,8+,9?,11-/m0/s1. The third-order valence-corrected chi connectivity index (χ3v) is 6.17. The number of hydrogen-bond donors (Lipinski definition) is 0. The van der Waals surface area contributed by atoms with Crippen molar-refractivity contribution < 1.29 is 0 Å². The molecule has 0 aromatic carbocycles. The summed E-state index contributed by atoms with van der Waals surface area (Å²) in [4.78, 5) is 0. The van der Waals surface area contributed by atoms with Crippen LogP contribution in [0.3, 0.4) is 0 Å². The Bertz CT molecular complexity index is 245. The minimum absolute atomic E-state index is 0.509. The van der Waals surface area contributed by atoms with Crippen LogP contribution in [0.4, 0.5) is 0 Å². The maximum Gasteiger partial charge on any atom is 0.0429 e. The van der Waals surface area contributed by atoms with Gasteiger partial charge < -0.3 is 0 Å². The maximum absolute atomic E-state index is 6.35. The third-order valence-electron chi connectivity index (χ3n) is 5.40. The lowest BCUT2D eigenvalue weighted by molar-refractivity contribution is -0.106. The van der Waals surface area contributed by atoms with Gasteiger partial charge in [0, 0.05) is 5.38 Å². The van der Waals surface area contributed by atoms with Crippen molar-refractivity contribution in [1.29, 1.82) is 0 Å². The highest BCUT2D eigenvalue weighted by molar-refractivity contribution is 6.23. The fourth-order valence-electron chi connectivity index (χ4n) is 4.17. The fraction of sp³-hybridized carbons (Fsp3) is 1.00. The third kappa shape index (κ3) is 0.547. The molecule has 12 heavy (non-hydrogen) atoms. The number of hydrogen-bond acceptors (Lipinski definition) is 0. The Hall–Kier alpha value is 0.290. The van der Waals surface area contributed by atoms with E-state index in [0.717, 1.165) is 17.8 Å². The molecule has 4 aliphatic carbocycles. The second-order valence-corrected chi connectivity index (χ2v) is 6.39. The van der Waals surface area contributed by atoms with E-state index < -0.39 is 0 Å². The molecule has 1 unspecified atom stereocenters. The Morgan fingerprint density at radius 3 is 2.25 bits per heavy atom. The van der Waals surface area contributed by atoms with Gasteiger partial charge in [0.05, 0.1) is 0 Å². The Morgan fingerprint density at radius 1 is 1.17 bits per heavy atom. The van der Waals surface area contributed by atoms with E-state index in [-0.39, 0.29) is 0 Å². The van der Waals surface area contributed by atoms with Gasteiger partial charge in [0.25, 0.3) is 0 Å². The average Bonchev–Trinajstić information content (AvgIpc) is 2.54. The normalized spacial score (nSPS) is 65.0. The molecule has 0 aromatic rings. The van der Waals surface area contributed by atoms with Gasteiger partial charge in [0.1, 0.15) is 0 Å². The van der Waals surface area contributed by atoms with Crippen molar-refractivity contribution in [2.24, 2.45) is 28.6 Å². The molecule has 4 saturated carbocycles. The van der Waals surface area contributed by atoms with Crippen LogP contribution in [0.15, 0.2) is 0 Å². The summed E-state index contributed by atoms with van der Waals surface area (Å²) in [6.07, 6.45) is 2.87. The van der Waals surface area contributed by atoms with Crippen molar-refractivity contribution in [3.8, 4) is 0 Å². The molecule has 4 aliphatic rings. The monoisotopic (exact) mass is 184 g/mol. The zero-order chi connectivity index (χ0) is 8.72. The molecule has 0 N–H and O–H groups in total. The van der Waals surface area contributed by atoms with E-state index in [4.69, 9.17) is 11.6 Å². The van der Waals surface area contributed by atoms with Crippen molar-refractivity contribution >= 4 is 11.6 Å². The molecule has 0 aliphatic heterocycles. The second kappa shape index (κ2) is 1.73. The van der Waals surface area contributed by atoms with E-state index >= 15 is 0 Å². The molecule has 0 spiro atoms. The van der Waals surface area contributed by atoms with E-state index in [1.165, 1.54) is 12.8 Å². The van der Waals surface area contributed by atoms with E-state index in [9.17, 15) is 0 Å². The minimum atomic E-state index is 0.509. The van der Waals surface area contributed by atoms with Crippen LogP contribution in [0.2, 0.25) is 0 Å². The Kier molecular flexibility index (Phi) is 1.11. The summed E-state index contributed by atoms with van der Waals surface area (Å²) in [5, 5.41) is 0.509. The number of alkyl halides is 1. The second-order valence-electron chi connectivity index (χ2n) is 5.92. The van der Waals surface area contributed by atoms with Crippen LogP contribution >= 0.6 is 11.6 Å². The highest BCUT2D eigenvalue weighted by Crippen LogP contribution is 2.79. The van der Waals surface area contributed by atoms with Crippen LogP contribution in [0, 0.1) is 28.6 Å². The average molecular weight is 185 g/mol. The summed E-state index contributed by atoms with van der Waals surface area (Å²) < 4.78 is 0. The predicted molar refractivity (Wildman–Crippen MR) is 51.2 cm³/mol. The zero-order valence-electron chi connectivity index (χ0n) is 8.10. The van der Waals surface area contributed by atoms with Crippen LogP contribution in [0.5, 0.6) is 0 Å². The molecule has 5 atom stereocenters. The Balaban J connectivity index is 1.98. The van der Waals surface area contributed by atoms with Crippen molar-refractivity contribution in [2.75, 3.05) is 0 Å². The smallest absolute Gasteiger partial charge is 0.0429 e. The Labute approximate surface area is 79.7 Å². The quantitative estimate of drug-likeness (QED) is 0.507. The highest BCUT2D eigenvalue weighted by atomic mass is 35.5. The van der Waals surface area contributed by atoms with Crippen molar-refractivity contribution in [3.05, 3.63) is 0 Å². The number of rotatable bonds is 0. The molecular formula is C11H17Cl. The van der Waals surface area contributed by atoms with E-state index in [0.29, 0.717) is 16.2 Å². The van der Waals surface area contributed by atoms with E-state index in [1.54, 1.807) is 0 Å². The molecule has 4 fully saturated rings. The maximum atomic E-state index is 6.35. The summed E-state index contributed by atoms with van der Waals surface area (Å²) in [7, 11) is 0. The van der Waals surface area contributed by atoms with Crippen molar-refractivity contribution in [2.45, 2.75) is 39.0 Å². The first-order chi connectivity index (χ1) is 5.49. The molecule has 1 heteroatoms. The highest BCUT2D eigenvalue weighted by Gasteiger charge is 2.75. The summed E-state index contributed by atoms with van der Waals surface area (Å²) in [6.45, 7) is 7.29. The van der Waals surface area contributed by atoms with Gasteiger partial charge in [-0.1, -0.05) is 20.8 Å². The SMILES string of the molecule is CC1(C)[C@H]2C[C@@H]3C(Cl)[C@]3(C)[C@@H]1C2. The van der Waals surface area contributed by atoms with Gasteiger partial charge in [-0.25, -0.2) is 0 Å². The predicted octanol–water partition coefficient (Wildman–Crippen LogP) is 3.30. The topological polar surface area (TPSA) is 0 Å². The van der Waals surface area contributed by atoms with Crippen LogP contribution in [0.1, 0.15) is 33.6 Å². The van der Waals surface area contributed by atoms with Crippen LogP contribution in [-0.2, 0) is 0 Å². The molecule has 0 heterocycles. The van der Waals surface area contributed by atoms with Gasteiger partial charge in [0.15, 0.2) is 0 Å². The fourth-order valence-corrected chi connectivity index (χ4v) is 4.78. The molecule has 0 aromatic heterocycles. The van der Waals surface area contributed by atoms with Gasteiger partial charge in [0.2, 0.25) is 0 Å². The molecule has 68 valence electrons. The molecule has 0 saturated heterocycles. The lowest BCUT2D eigenvalue weighted by Crippen LogP contribution is -2.52. The van der Waals surface area contributed by atoms with Gasteiger partial charge >= 0.3 is 0 Å². The molecular weight excluding hydrogens is 168 g/mol. The lowest BCUT2D eigenvalue weighted by atomic mass is 9.45. The first-order valence-corrected chi connectivity index (χ1v) is 5.56. The van der Waals surface area contributed by atoms with Crippen LogP contribution in [-0.4, -0.2) is 5.38 Å². The lowest BCUT2D eigenvalue weighted by Gasteiger charge is -2.59. The molecule has 2 bridgehead atoms. The van der Waals surface area contributed by atoms with Gasteiger partial charge in [-0.15, -0.1) is 11.6 Å². The summed E-state index contributed by atoms with van der Waals surface area (Å²) in [6, 6.07) is 0. The molecule has 0 amide bonds. The van der Waals surface area contributed by atoms with Crippen LogP contribution in [0.25, 0.3) is 0 Å². The van der Waals surface area contributed by atoms with Crippen LogP contribution < -0.4 is 0 Å². The first kappa shape index (κ1) is 7.67.